The quantitative estimate of drug-likeness (QED) is 0.144. The summed E-state index contributed by atoms with van der Waals surface area (Å²) in [5, 5.41) is 4.00. The highest BCUT2D eigenvalue weighted by molar-refractivity contribution is 7.76. The largest absolute Gasteiger partial charge is 0.296 e. The monoisotopic (exact) mass is 655 g/mol. The second kappa shape index (κ2) is 13.8. The lowest BCUT2D eigenvalue weighted by atomic mass is 9.79. The lowest BCUT2D eigenvalue weighted by molar-refractivity contribution is 0.307. The Morgan fingerprint density at radius 1 is 0.408 bits per heavy atom. The van der Waals surface area contributed by atoms with Crippen LogP contribution in [0.15, 0.2) is 170 Å². The fourth-order valence-corrected chi connectivity index (χ4v) is 11.1. The number of benzene rings is 7. The van der Waals surface area contributed by atoms with E-state index in [0.717, 1.165) is 54.8 Å². The minimum absolute atomic E-state index is 0.0461. The lowest BCUT2D eigenvalue weighted by Gasteiger charge is -2.39. The first-order valence-electron chi connectivity index (χ1n) is 17.2. The molecule has 242 valence electrons. The van der Waals surface area contributed by atoms with Crippen molar-refractivity contribution in [2.24, 2.45) is 0 Å². The predicted molar refractivity (Wildman–Crippen MR) is 211 cm³/mol. The number of hydrogen-bond acceptors (Lipinski definition) is 1. The summed E-state index contributed by atoms with van der Waals surface area (Å²) in [5.74, 6) is 0. The van der Waals surface area contributed by atoms with Gasteiger partial charge in [0.15, 0.2) is 0 Å². The van der Waals surface area contributed by atoms with Crippen molar-refractivity contribution in [1.29, 1.82) is 0 Å². The molecule has 7 aromatic rings. The van der Waals surface area contributed by atoms with Crippen molar-refractivity contribution in [2.45, 2.75) is 39.8 Å². The normalized spacial score (nSPS) is 12.9. The summed E-state index contributed by atoms with van der Waals surface area (Å²) in [4.78, 5) is 0. The second-order valence-electron chi connectivity index (χ2n) is 13.1. The van der Waals surface area contributed by atoms with Gasteiger partial charge in [-0.2, -0.15) is 0 Å². The second-order valence-corrected chi connectivity index (χ2v) is 15.8. The van der Waals surface area contributed by atoms with Gasteiger partial charge >= 0.3 is 0 Å². The molecule has 0 aliphatic carbocycles. The number of nitrogens with zero attached hydrogens (tertiary/aromatic N) is 1. The third-order valence-electron chi connectivity index (χ3n) is 9.39. The van der Waals surface area contributed by atoms with E-state index < -0.39 is 7.29 Å². The Bertz CT molecular complexity index is 2240. The van der Waals surface area contributed by atoms with E-state index in [1.165, 1.54) is 11.1 Å². The molecule has 0 amide bonds. The smallest absolute Gasteiger partial charge is 0.208 e. The molecule has 3 heteroatoms. The number of rotatable bonds is 9. The first-order chi connectivity index (χ1) is 23.9. The average molecular weight is 656 g/mol. The summed E-state index contributed by atoms with van der Waals surface area (Å²) >= 11 is 0. The van der Waals surface area contributed by atoms with Crippen molar-refractivity contribution < 1.29 is 4.57 Å². The Morgan fingerprint density at radius 3 is 1.27 bits per heavy atom. The summed E-state index contributed by atoms with van der Waals surface area (Å²) in [6.45, 7) is 8.63. The maximum atomic E-state index is 16.3. The SMILES string of the molecule is CC(C)N(C(C)C)[P@@](=O)(c1ccccc1)c1ccccc1-c1c(-c2ccccc2)c(-c2ccccc2)c(-c2ccccc2)c2ccccc12. The first-order valence-corrected chi connectivity index (χ1v) is 18.9. The zero-order valence-electron chi connectivity index (χ0n) is 28.6. The molecule has 0 saturated heterocycles. The van der Waals surface area contributed by atoms with Crippen LogP contribution in [0.2, 0.25) is 0 Å². The Balaban J connectivity index is 1.71. The van der Waals surface area contributed by atoms with Crippen LogP contribution in [-0.2, 0) is 4.57 Å². The third-order valence-corrected chi connectivity index (χ3v) is 13.0. The topological polar surface area (TPSA) is 20.3 Å². The van der Waals surface area contributed by atoms with Crippen molar-refractivity contribution in [1.82, 2.24) is 4.67 Å². The van der Waals surface area contributed by atoms with Crippen LogP contribution in [0.4, 0.5) is 0 Å². The zero-order valence-corrected chi connectivity index (χ0v) is 29.5. The molecular formula is C46H42NOP. The molecule has 1 atom stereocenters. The van der Waals surface area contributed by atoms with Crippen LogP contribution in [0, 0.1) is 0 Å². The van der Waals surface area contributed by atoms with Gasteiger partial charge in [0.2, 0.25) is 7.29 Å². The van der Waals surface area contributed by atoms with Crippen LogP contribution in [0.25, 0.3) is 55.3 Å². The van der Waals surface area contributed by atoms with Crippen molar-refractivity contribution in [3.63, 3.8) is 0 Å². The molecule has 0 aliphatic rings. The molecule has 49 heavy (non-hydrogen) atoms. The van der Waals surface area contributed by atoms with E-state index in [1.807, 2.05) is 36.4 Å². The Kier molecular flexibility index (Phi) is 9.19. The Labute approximate surface area is 291 Å². The molecule has 0 aliphatic heterocycles. The molecule has 0 saturated carbocycles. The van der Waals surface area contributed by atoms with E-state index in [0.29, 0.717) is 0 Å². The van der Waals surface area contributed by atoms with Crippen LogP contribution in [0.5, 0.6) is 0 Å². The highest BCUT2D eigenvalue weighted by atomic mass is 31.2. The standard InChI is InChI=1S/C46H42NOP/c1-33(2)47(34(3)4)49(48,38-27-15-8-16-28-38)42-32-20-19-31-41(42)46-40-30-18-17-29-39(40)43(35-21-9-5-10-22-35)44(36-23-11-6-12-24-36)45(46)37-25-13-7-14-26-37/h5-34H,1-4H3/t49-/m1/s1. The summed E-state index contributed by atoms with van der Waals surface area (Å²) in [6.07, 6.45) is 0. The molecule has 0 N–H and O–H groups in total. The Hall–Kier alpha value is -5.01. The molecular weight excluding hydrogens is 613 g/mol. The van der Waals surface area contributed by atoms with E-state index in [4.69, 9.17) is 0 Å². The molecule has 0 aromatic heterocycles. The first kappa shape index (κ1) is 32.5. The average Bonchev–Trinajstić information content (AvgIpc) is 3.15. The molecule has 2 nitrogen and oxygen atoms in total. The molecule has 0 heterocycles. The molecule has 7 rings (SSSR count). The fourth-order valence-electron chi connectivity index (χ4n) is 7.63. The summed E-state index contributed by atoms with van der Waals surface area (Å²) in [7, 11) is -3.36. The van der Waals surface area contributed by atoms with Gasteiger partial charge in [0.1, 0.15) is 0 Å². The molecule has 0 fully saturated rings. The van der Waals surface area contributed by atoms with Crippen LogP contribution in [0.3, 0.4) is 0 Å². The minimum Gasteiger partial charge on any atom is -0.296 e. The third kappa shape index (κ3) is 5.86. The van der Waals surface area contributed by atoms with E-state index in [-0.39, 0.29) is 12.1 Å². The molecule has 0 unspecified atom stereocenters. The molecule has 0 bridgehead atoms. The maximum absolute atomic E-state index is 16.3. The number of hydrogen-bond donors (Lipinski definition) is 0. The van der Waals surface area contributed by atoms with E-state index in [1.54, 1.807) is 0 Å². The minimum atomic E-state index is -3.36. The van der Waals surface area contributed by atoms with E-state index in [9.17, 15) is 0 Å². The van der Waals surface area contributed by atoms with Gasteiger partial charge < -0.3 is 0 Å². The highest BCUT2D eigenvalue weighted by Crippen LogP contribution is 2.55. The van der Waals surface area contributed by atoms with Crippen LogP contribution in [-0.4, -0.2) is 16.8 Å². The predicted octanol–water partition coefficient (Wildman–Crippen LogP) is 11.9. The van der Waals surface area contributed by atoms with E-state index in [2.05, 4.69) is 166 Å². The lowest BCUT2D eigenvalue weighted by Crippen LogP contribution is -2.41. The van der Waals surface area contributed by atoms with Gasteiger partial charge in [0, 0.05) is 22.7 Å². The van der Waals surface area contributed by atoms with Gasteiger partial charge in [-0.1, -0.05) is 152 Å². The maximum Gasteiger partial charge on any atom is 0.208 e. The Morgan fingerprint density at radius 2 is 0.776 bits per heavy atom. The van der Waals surface area contributed by atoms with Crippen LogP contribution < -0.4 is 10.6 Å². The molecule has 7 aromatic carbocycles. The van der Waals surface area contributed by atoms with Gasteiger partial charge in [-0.25, -0.2) is 4.67 Å². The van der Waals surface area contributed by atoms with Crippen molar-refractivity contribution in [3.8, 4) is 44.5 Å². The van der Waals surface area contributed by atoms with Crippen molar-refractivity contribution in [2.75, 3.05) is 0 Å². The van der Waals surface area contributed by atoms with Crippen LogP contribution >= 0.6 is 7.29 Å². The van der Waals surface area contributed by atoms with E-state index >= 15 is 4.57 Å². The summed E-state index contributed by atoms with van der Waals surface area (Å²) in [5.41, 5.74) is 9.01. The molecule has 0 radical (unpaired) electrons. The van der Waals surface area contributed by atoms with Gasteiger partial charge in [0.05, 0.1) is 0 Å². The summed E-state index contributed by atoms with van der Waals surface area (Å²) < 4.78 is 18.6. The highest BCUT2D eigenvalue weighted by Gasteiger charge is 2.40. The van der Waals surface area contributed by atoms with Gasteiger partial charge in [-0.3, -0.25) is 4.57 Å². The molecule has 0 spiro atoms. The number of fused-ring (bicyclic) bond motifs is 1. The zero-order chi connectivity index (χ0) is 34.0. The van der Waals surface area contributed by atoms with Gasteiger partial charge in [0.25, 0.3) is 0 Å². The van der Waals surface area contributed by atoms with Crippen molar-refractivity contribution in [3.05, 3.63) is 170 Å². The van der Waals surface area contributed by atoms with Gasteiger partial charge in [-0.05, 0) is 101 Å². The van der Waals surface area contributed by atoms with Crippen molar-refractivity contribution >= 4 is 28.7 Å². The fraction of sp³-hybridized carbons (Fsp3) is 0.130. The van der Waals surface area contributed by atoms with Gasteiger partial charge in [-0.15, -0.1) is 0 Å². The summed E-state index contributed by atoms with van der Waals surface area (Å²) in [6, 6.07) is 59.6. The van der Waals surface area contributed by atoms with Crippen LogP contribution in [0.1, 0.15) is 27.7 Å².